The standard InChI is InChI=1S/C19H20N2O3S3/c1-13-5-4-6-14(11-13)18(22)20-19-21(9-10-25-2)16-8-7-15(27(3,23)24)12-17(16)26-19/h4-8,11-12H,9-10H2,1-3H3. The number of benzene rings is 2. The molecule has 2 aromatic carbocycles. The van der Waals surface area contributed by atoms with Crippen molar-refractivity contribution >= 4 is 49.1 Å². The van der Waals surface area contributed by atoms with Gasteiger partial charge in [-0.2, -0.15) is 16.8 Å². The number of thioether (sulfide) groups is 1. The van der Waals surface area contributed by atoms with Crippen LogP contribution in [0.5, 0.6) is 0 Å². The number of carbonyl (C=O) groups is 1. The molecule has 142 valence electrons. The average molecular weight is 421 g/mol. The molecule has 0 aliphatic carbocycles. The Labute approximate surface area is 166 Å². The first-order valence-electron chi connectivity index (χ1n) is 8.28. The van der Waals surface area contributed by atoms with Gasteiger partial charge < -0.3 is 4.57 Å². The van der Waals surface area contributed by atoms with Crippen LogP contribution in [0.2, 0.25) is 0 Å². The molecule has 0 saturated heterocycles. The fourth-order valence-electron chi connectivity index (χ4n) is 2.70. The minimum absolute atomic E-state index is 0.268. The lowest BCUT2D eigenvalue weighted by atomic mass is 10.1. The molecule has 0 aliphatic heterocycles. The third-order valence-electron chi connectivity index (χ3n) is 4.06. The summed E-state index contributed by atoms with van der Waals surface area (Å²) in [4.78, 5) is 17.8. The van der Waals surface area contributed by atoms with E-state index >= 15 is 0 Å². The number of hydrogen-bond donors (Lipinski definition) is 0. The summed E-state index contributed by atoms with van der Waals surface area (Å²) < 4.78 is 26.5. The van der Waals surface area contributed by atoms with Crippen molar-refractivity contribution in [3.05, 3.63) is 58.4 Å². The summed E-state index contributed by atoms with van der Waals surface area (Å²) in [5, 5.41) is 0. The maximum absolute atomic E-state index is 12.6. The largest absolute Gasteiger partial charge is 0.316 e. The quantitative estimate of drug-likeness (QED) is 0.633. The van der Waals surface area contributed by atoms with E-state index in [9.17, 15) is 13.2 Å². The molecule has 0 fully saturated rings. The molecule has 0 N–H and O–H groups in total. The second-order valence-electron chi connectivity index (χ2n) is 6.22. The van der Waals surface area contributed by atoms with Crippen LogP contribution >= 0.6 is 23.1 Å². The summed E-state index contributed by atoms with van der Waals surface area (Å²) >= 11 is 3.04. The first-order chi connectivity index (χ1) is 12.8. The molecule has 0 aliphatic rings. The van der Waals surface area contributed by atoms with Gasteiger partial charge in [-0.1, -0.05) is 29.0 Å². The van der Waals surface area contributed by atoms with Gasteiger partial charge in [0.15, 0.2) is 14.6 Å². The number of carbonyl (C=O) groups excluding carboxylic acids is 1. The zero-order chi connectivity index (χ0) is 19.6. The molecule has 1 heterocycles. The molecule has 0 unspecified atom stereocenters. The zero-order valence-corrected chi connectivity index (χ0v) is 17.7. The lowest BCUT2D eigenvalue weighted by molar-refractivity contribution is 0.0997. The van der Waals surface area contributed by atoms with Crippen LogP contribution < -0.4 is 4.80 Å². The molecule has 0 atom stereocenters. The van der Waals surface area contributed by atoms with Crippen LogP contribution in [0.15, 0.2) is 52.4 Å². The highest BCUT2D eigenvalue weighted by molar-refractivity contribution is 7.98. The molecule has 1 aromatic heterocycles. The van der Waals surface area contributed by atoms with E-state index in [1.807, 2.05) is 35.9 Å². The number of fused-ring (bicyclic) bond motifs is 1. The molecule has 8 heteroatoms. The second kappa shape index (κ2) is 8.00. The minimum Gasteiger partial charge on any atom is -0.316 e. The van der Waals surface area contributed by atoms with E-state index in [0.29, 0.717) is 16.9 Å². The molecular weight excluding hydrogens is 400 g/mol. The van der Waals surface area contributed by atoms with Gasteiger partial charge in [0.05, 0.1) is 15.1 Å². The van der Waals surface area contributed by atoms with Gasteiger partial charge in [0.1, 0.15) is 0 Å². The third kappa shape index (κ3) is 4.51. The van der Waals surface area contributed by atoms with Crippen molar-refractivity contribution in [1.29, 1.82) is 0 Å². The molecule has 0 saturated carbocycles. The van der Waals surface area contributed by atoms with E-state index < -0.39 is 9.84 Å². The van der Waals surface area contributed by atoms with E-state index in [2.05, 4.69) is 4.99 Å². The molecule has 27 heavy (non-hydrogen) atoms. The van der Waals surface area contributed by atoms with E-state index in [1.165, 1.54) is 17.6 Å². The molecule has 0 bridgehead atoms. The number of rotatable bonds is 5. The highest BCUT2D eigenvalue weighted by Gasteiger charge is 2.13. The Hall–Kier alpha value is -1.90. The van der Waals surface area contributed by atoms with Crippen LogP contribution in [0.1, 0.15) is 15.9 Å². The van der Waals surface area contributed by atoms with Crippen LogP contribution in [0.3, 0.4) is 0 Å². The monoisotopic (exact) mass is 420 g/mol. The van der Waals surface area contributed by atoms with E-state index in [0.717, 1.165) is 21.5 Å². The zero-order valence-electron chi connectivity index (χ0n) is 15.3. The Morgan fingerprint density at radius 1 is 1.22 bits per heavy atom. The molecule has 5 nitrogen and oxygen atoms in total. The Morgan fingerprint density at radius 3 is 2.67 bits per heavy atom. The van der Waals surface area contributed by atoms with Crippen molar-refractivity contribution in [3.63, 3.8) is 0 Å². The molecule has 0 spiro atoms. The van der Waals surface area contributed by atoms with Crippen LogP contribution in [0.4, 0.5) is 0 Å². The highest BCUT2D eigenvalue weighted by Crippen LogP contribution is 2.22. The topological polar surface area (TPSA) is 68.5 Å². The van der Waals surface area contributed by atoms with Gasteiger partial charge in [-0.25, -0.2) is 8.42 Å². The first kappa shape index (κ1) is 19.9. The Morgan fingerprint density at radius 2 is 2.00 bits per heavy atom. The summed E-state index contributed by atoms with van der Waals surface area (Å²) in [5.41, 5.74) is 2.43. The van der Waals surface area contributed by atoms with Gasteiger partial charge in [0.25, 0.3) is 5.91 Å². The van der Waals surface area contributed by atoms with Crippen molar-refractivity contribution in [2.24, 2.45) is 4.99 Å². The third-order valence-corrected chi connectivity index (χ3v) is 6.81. The highest BCUT2D eigenvalue weighted by atomic mass is 32.2. The molecule has 3 aromatic rings. The SMILES string of the molecule is CSCCn1c(=NC(=O)c2cccc(C)c2)sc2cc(S(C)(=O)=O)ccc21. The number of aryl methyl sites for hydroxylation is 2. The fraction of sp³-hybridized carbons (Fsp3) is 0.263. The summed E-state index contributed by atoms with van der Waals surface area (Å²) in [6.45, 7) is 2.63. The Bertz CT molecular complexity index is 1170. The number of sulfone groups is 1. The number of aromatic nitrogens is 1. The number of amides is 1. The summed E-state index contributed by atoms with van der Waals surface area (Å²) in [6.07, 6.45) is 3.21. The van der Waals surface area contributed by atoms with Crippen LogP contribution in [0, 0.1) is 6.92 Å². The maximum atomic E-state index is 12.6. The van der Waals surface area contributed by atoms with Crippen LogP contribution in [0.25, 0.3) is 10.2 Å². The predicted molar refractivity (Wildman–Crippen MR) is 112 cm³/mol. The van der Waals surface area contributed by atoms with Crippen LogP contribution in [-0.4, -0.2) is 37.2 Å². The average Bonchev–Trinajstić information content (AvgIpc) is 2.95. The summed E-state index contributed by atoms with van der Waals surface area (Å²) in [5.74, 6) is 0.567. The van der Waals surface area contributed by atoms with E-state index in [-0.39, 0.29) is 10.8 Å². The Kier molecular flexibility index (Phi) is 5.88. The van der Waals surface area contributed by atoms with Gasteiger partial charge in [0.2, 0.25) is 0 Å². The lowest BCUT2D eigenvalue weighted by Crippen LogP contribution is -2.18. The molecule has 3 rings (SSSR count). The van der Waals surface area contributed by atoms with Crippen molar-refractivity contribution in [2.75, 3.05) is 18.3 Å². The van der Waals surface area contributed by atoms with Crippen molar-refractivity contribution < 1.29 is 13.2 Å². The molecular formula is C19H20N2O3S3. The van der Waals surface area contributed by atoms with Gasteiger partial charge in [-0.05, 0) is 43.5 Å². The fourth-order valence-corrected chi connectivity index (χ4v) is 4.88. The normalized spacial score (nSPS) is 12.6. The number of thiazole rings is 1. The van der Waals surface area contributed by atoms with Crippen LogP contribution in [-0.2, 0) is 16.4 Å². The number of hydrogen-bond acceptors (Lipinski definition) is 5. The van der Waals surface area contributed by atoms with Gasteiger partial charge >= 0.3 is 0 Å². The maximum Gasteiger partial charge on any atom is 0.279 e. The number of nitrogens with zero attached hydrogens (tertiary/aromatic N) is 2. The van der Waals surface area contributed by atoms with Gasteiger partial charge in [0, 0.05) is 24.1 Å². The van der Waals surface area contributed by atoms with Crippen molar-refractivity contribution in [2.45, 2.75) is 18.4 Å². The second-order valence-corrected chi connectivity index (χ2v) is 10.2. The first-order valence-corrected chi connectivity index (χ1v) is 12.4. The van der Waals surface area contributed by atoms with E-state index in [1.54, 1.807) is 36.0 Å². The van der Waals surface area contributed by atoms with E-state index in [4.69, 9.17) is 0 Å². The summed E-state index contributed by atoms with van der Waals surface area (Å²) in [6, 6.07) is 12.4. The molecule has 0 radical (unpaired) electrons. The Balaban J connectivity index is 2.16. The van der Waals surface area contributed by atoms with Gasteiger partial charge in [-0.3, -0.25) is 4.79 Å². The van der Waals surface area contributed by atoms with Crippen molar-refractivity contribution in [3.8, 4) is 0 Å². The molecule has 1 amide bonds. The summed E-state index contributed by atoms with van der Waals surface area (Å²) in [7, 11) is -3.29. The smallest absolute Gasteiger partial charge is 0.279 e. The minimum atomic E-state index is -3.29. The predicted octanol–water partition coefficient (Wildman–Crippen LogP) is 3.52. The van der Waals surface area contributed by atoms with Crippen molar-refractivity contribution in [1.82, 2.24) is 4.57 Å². The van der Waals surface area contributed by atoms with Gasteiger partial charge in [-0.15, -0.1) is 0 Å². The lowest BCUT2D eigenvalue weighted by Gasteiger charge is -2.04.